The molecule has 0 amide bonds. The molecule has 1 fully saturated rings. The maximum absolute atomic E-state index is 5.97. The topological polar surface area (TPSA) is 49.2 Å². The molecule has 0 radical (unpaired) electrons. The number of rotatable bonds is 3. The number of pyridine rings is 1. The van der Waals surface area contributed by atoms with Gasteiger partial charge in [0.1, 0.15) is 23.2 Å². The van der Waals surface area contributed by atoms with Gasteiger partial charge in [0, 0.05) is 18.9 Å². The minimum absolute atomic E-state index is 0.0177. The molecule has 1 aliphatic heterocycles. The predicted octanol–water partition coefficient (Wildman–Crippen LogP) is 3.67. The monoisotopic (exact) mass is 309 g/mol. The summed E-state index contributed by atoms with van der Waals surface area (Å²) in [4.78, 5) is 9.34. The number of ether oxygens (including phenoxy) is 2. The predicted molar refractivity (Wildman–Crippen MR) is 88.0 cm³/mol. The first-order valence-corrected chi connectivity index (χ1v) is 7.96. The summed E-state index contributed by atoms with van der Waals surface area (Å²) in [7, 11) is 1.68. The van der Waals surface area contributed by atoms with Gasteiger partial charge in [-0.2, -0.15) is 0 Å². The smallest absolute Gasteiger partial charge is 0.164 e. The van der Waals surface area contributed by atoms with E-state index in [0.29, 0.717) is 0 Å². The van der Waals surface area contributed by atoms with E-state index < -0.39 is 0 Å². The second-order valence-electron chi connectivity index (χ2n) is 5.71. The molecule has 0 saturated carbocycles. The van der Waals surface area contributed by atoms with Crippen molar-refractivity contribution in [3.05, 3.63) is 48.4 Å². The number of imidazole rings is 1. The van der Waals surface area contributed by atoms with Crippen LogP contribution in [-0.4, -0.2) is 28.3 Å². The first-order chi connectivity index (χ1) is 11.4. The van der Waals surface area contributed by atoms with Crippen molar-refractivity contribution in [2.45, 2.75) is 25.4 Å². The highest BCUT2D eigenvalue weighted by atomic mass is 16.5. The number of benzene rings is 1. The summed E-state index contributed by atoms with van der Waals surface area (Å²) in [6, 6.07) is 11.9. The minimum atomic E-state index is 0.0177. The Labute approximate surface area is 134 Å². The van der Waals surface area contributed by atoms with Crippen LogP contribution in [0.4, 0.5) is 0 Å². The van der Waals surface area contributed by atoms with Crippen molar-refractivity contribution in [3.63, 3.8) is 0 Å². The van der Waals surface area contributed by atoms with E-state index in [-0.39, 0.29) is 6.10 Å². The van der Waals surface area contributed by atoms with Gasteiger partial charge in [-0.15, -0.1) is 0 Å². The summed E-state index contributed by atoms with van der Waals surface area (Å²) in [5.74, 6) is 1.74. The molecule has 1 unspecified atom stereocenters. The van der Waals surface area contributed by atoms with E-state index in [0.717, 1.165) is 47.9 Å². The van der Waals surface area contributed by atoms with Crippen LogP contribution in [0.3, 0.4) is 0 Å². The lowest BCUT2D eigenvalue weighted by Gasteiger charge is -2.23. The van der Waals surface area contributed by atoms with Crippen molar-refractivity contribution >= 4 is 11.2 Å². The van der Waals surface area contributed by atoms with E-state index in [1.807, 2.05) is 36.4 Å². The zero-order valence-corrected chi connectivity index (χ0v) is 13.1. The molecule has 1 saturated heterocycles. The lowest BCUT2D eigenvalue weighted by molar-refractivity contribution is 0.00886. The molecule has 3 aromatic rings. The van der Waals surface area contributed by atoms with Crippen LogP contribution in [0.1, 0.15) is 31.2 Å². The van der Waals surface area contributed by atoms with Crippen LogP contribution in [0.2, 0.25) is 0 Å². The van der Waals surface area contributed by atoms with Crippen LogP contribution < -0.4 is 4.74 Å². The Hall–Kier alpha value is -2.40. The number of hydrogen-bond acceptors (Lipinski definition) is 4. The highest BCUT2D eigenvalue weighted by Crippen LogP contribution is 2.32. The number of fused-ring (bicyclic) bond motifs is 1. The average Bonchev–Trinajstić information content (AvgIpc) is 3.02. The summed E-state index contributed by atoms with van der Waals surface area (Å²) in [5, 5.41) is 0. The van der Waals surface area contributed by atoms with E-state index in [1.165, 1.54) is 6.42 Å². The fourth-order valence-corrected chi connectivity index (χ4v) is 3.09. The van der Waals surface area contributed by atoms with Gasteiger partial charge < -0.3 is 9.47 Å². The Balaban J connectivity index is 1.91. The molecule has 2 aromatic heterocycles. The zero-order chi connectivity index (χ0) is 15.6. The molecule has 0 bridgehead atoms. The van der Waals surface area contributed by atoms with Crippen LogP contribution >= 0.6 is 0 Å². The molecule has 118 valence electrons. The van der Waals surface area contributed by atoms with Gasteiger partial charge in [0.25, 0.3) is 0 Å². The van der Waals surface area contributed by atoms with Crippen molar-refractivity contribution in [2.24, 2.45) is 0 Å². The third-order valence-corrected chi connectivity index (χ3v) is 4.22. The first-order valence-electron chi connectivity index (χ1n) is 7.96. The van der Waals surface area contributed by atoms with Gasteiger partial charge in [0.05, 0.1) is 12.8 Å². The molecule has 1 aromatic carbocycles. The Morgan fingerprint density at radius 1 is 1.22 bits per heavy atom. The van der Waals surface area contributed by atoms with Gasteiger partial charge in [-0.05, 0) is 43.5 Å². The van der Waals surface area contributed by atoms with Crippen molar-refractivity contribution in [2.75, 3.05) is 13.7 Å². The van der Waals surface area contributed by atoms with Crippen molar-refractivity contribution in [1.82, 2.24) is 14.5 Å². The lowest BCUT2D eigenvalue weighted by atomic mass is 10.1. The third kappa shape index (κ3) is 2.57. The summed E-state index contributed by atoms with van der Waals surface area (Å²) in [6.45, 7) is 0.791. The third-order valence-electron chi connectivity index (χ3n) is 4.22. The van der Waals surface area contributed by atoms with Gasteiger partial charge >= 0.3 is 0 Å². The van der Waals surface area contributed by atoms with E-state index in [4.69, 9.17) is 14.5 Å². The Kier molecular flexibility index (Phi) is 3.71. The maximum Gasteiger partial charge on any atom is 0.164 e. The summed E-state index contributed by atoms with van der Waals surface area (Å²) in [5.41, 5.74) is 2.74. The average molecular weight is 309 g/mol. The quantitative estimate of drug-likeness (QED) is 0.740. The summed E-state index contributed by atoms with van der Waals surface area (Å²) in [6.07, 6.45) is 5.09. The first kappa shape index (κ1) is 14.2. The van der Waals surface area contributed by atoms with Crippen molar-refractivity contribution in [3.8, 4) is 11.4 Å². The Bertz CT molecular complexity index is 822. The van der Waals surface area contributed by atoms with Crippen LogP contribution in [-0.2, 0) is 4.74 Å². The van der Waals surface area contributed by atoms with Gasteiger partial charge in [-0.3, -0.25) is 4.57 Å². The van der Waals surface area contributed by atoms with Gasteiger partial charge in [-0.1, -0.05) is 6.07 Å². The fraction of sp³-hybridized carbons (Fsp3) is 0.333. The van der Waals surface area contributed by atoms with Gasteiger partial charge in [-0.25, -0.2) is 9.97 Å². The second kappa shape index (κ2) is 6.01. The summed E-state index contributed by atoms with van der Waals surface area (Å²) < 4.78 is 13.4. The highest BCUT2D eigenvalue weighted by Gasteiger charge is 2.24. The largest absolute Gasteiger partial charge is 0.497 e. The lowest BCUT2D eigenvalue weighted by Crippen LogP contribution is -2.16. The van der Waals surface area contributed by atoms with E-state index in [2.05, 4.69) is 9.55 Å². The molecule has 1 aliphatic rings. The standard InChI is InChI=1S/C18H19N3O2/c1-22-14-7-4-6-13(12-14)21-17-15(8-5-10-19-17)20-18(21)16-9-2-3-11-23-16/h4-8,10,12,16H,2-3,9,11H2,1H3. The second-order valence-corrected chi connectivity index (χ2v) is 5.71. The van der Waals surface area contributed by atoms with Crippen molar-refractivity contribution < 1.29 is 9.47 Å². The molecule has 1 atom stereocenters. The Morgan fingerprint density at radius 2 is 2.17 bits per heavy atom. The maximum atomic E-state index is 5.97. The molecular weight excluding hydrogens is 290 g/mol. The Morgan fingerprint density at radius 3 is 3.00 bits per heavy atom. The number of methoxy groups -OCH3 is 1. The van der Waals surface area contributed by atoms with Crippen LogP contribution in [0.5, 0.6) is 5.75 Å². The van der Waals surface area contributed by atoms with Crippen LogP contribution in [0.25, 0.3) is 16.9 Å². The van der Waals surface area contributed by atoms with E-state index in [1.54, 1.807) is 13.3 Å². The normalized spacial score (nSPS) is 18.2. The molecule has 0 N–H and O–H groups in total. The van der Waals surface area contributed by atoms with Gasteiger partial charge in [0.15, 0.2) is 5.65 Å². The minimum Gasteiger partial charge on any atom is -0.497 e. The molecule has 0 spiro atoms. The van der Waals surface area contributed by atoms with E-state index in [9.17, 15) is 0 Å². The molecule has 23 heavy (non-hydrogen) atoms. The highest BCUT2D eigenvalue weighted by molar-refractivity contribution is 5.74. The molecule has 3 heterocycles. The SMILES string of the molecule is COc1cccc(-n2c(C3CCCCO3)nc3cccnc32)c1. The van der Waals surface area contributed by atoms with Crippen molar-refractivity contribution in [1.29, 1.82) is 0 Å². The van der Waals surface area contributed by atoms with Gasteiger partial charge in [0.2, 0.25) is 0 Å². The fourth-order valence-electron chi connectivity index (χ4n) is 3.09. The zero-order valence-electron chi connectivity index (χ0n) is 13.1. The number of hydrogen-bond donors (Lipinski definition) is 0. The molecule has 0 aliphatic carbocycles. The summed E-state index contributed by atoms with van der Waals surface area (Å²) >= 11 is 0. The molecule has 5 nitrogen and oxygen atoms in total. The van der Waals surface area contributed by atoms with E-state index >= 15 is 0 Å². The van der Waals surface area contributed by atoms with Crippen LogP contribution in [0, 0.1) is 0 Å². The molecular formula is C18H19N3O2. The number of aromatic nitrogens is 3. The molecule has 4 rings (SSSR count). The van der Waals surface area contributed by atoms with Crippen LogP contribution in [0.15, 0.2) is 42.6 Å². The molecule has 5 heteroatoms. The number of nitrogens with zero attached hydrogens (tertiary/aromatic N) is 3.